The molecule has 0 radical (unpaired) electrons. The number of nitrogens with one attached hydrogen (secondary N) is 1. The van der Waals surface area contributed by atoms with Crippen molar-refractivity contribution in [3.05, 3.63) is 41.7 Å². The largest absolute Gasteiger partial charge is 0.366 e. The molecule has 0 aliphatic rings. The molecule has 4 nitrogen and oxygen atoms in total. The molecule has 0 aliphatic heterocycles. The number of aryl methyl sites for hydroxylation is 1. The Morgan fingerprint density at radius 1 is 1.47 bits per heavy atom. The van der Waals surface area contributed by atoms with E-state index in [0.717, 1.165) is 11.1 Å². The average molecular weight is 201 g/mol. The molecule has 1 amide bonds. The molecule has 1 aromatic carbocycles. The SMILES string of the molecule is Cc1cccc(C(N)=O)c1-c1ncc[nH]1. The Bertz CT molecular complexity index is 489. The number of carbonyl (C=O) groups excluding carboxylic acids is 1. The number of imidazole rings is 1. The summed E-state index contributed by atoms with van der Waals surface area (Å²) in [7, 11) is 0. The zero-order chi connectivity index (χ0) is 10.8. The Morgan fingerprint density at radius 2 is 2.27 bits per heavy atom. The summed E-state index contributed by atoms with van der Waals surface area (Å²) in [6.45, 7) is 1.92. The van der Waals surface area contributed by atoms with Gasteiger partial charge in [0.05, 0.1) is 5.56 Å². The monoisotopic (exact) mass is 201 g/mol. The van der Waals surface area contributed by atoms with Crippen molar-refractivity contribution in [1.82, 2.24) is 9.97 Å². The molecule has 15 heavy (non-hydrogen) atoms. The van der Waals surface area contributed by atoms with Gasteiger partial charge in [-0.1, -0.05) is 12.1 Å². The molecule has 0 fully saturated rings. The molecule has 0 aliphatic carbocycles. The zero-order valence-corrected chi connectivity index (χ0v) is 8.32. The zero-order valence-electron chi connectivity index (χ0n) is 8.32. The summed E-state index contributed by atoms with van der Waals surface area (Å²) in [6, 6.07) is 5.43. The van der Waals surface area contributed by atoms with Crippen molar-refractivity contribution in [2.45, 2.75) is 6.92 Å². The fourth-order valence-corrected chi connectivity index (χ4v) is 1.59. The van der Waals surface area contributed by atoms with Gasteiger partial charge in [-0.15, -0.1) is 0 Å². The number of nitrogens with two attached hydrogens (primary N) is 1. The normalized spacial score (nSPS) is 10.2. The number of aromatic amines is 1. The van der Waals surface area contributed by atoms with Crippen molar-refractivity contribution in [2.75, 3.05) is 0 Å². The van der Waals surface area contributed by atoms with Crippen molar-refractivity contribution < 1.29 is 4.79 Å². The summed E-state index contributed by atoms with van der Waals surface area (Å²) in [6.07, 6.45) is 3.36. The lowest BCUT2D eigenvalue weighted by molar-refractivity contribution is 0.100. The molecule has 1 heterocycles. The smallest absolute Gasteiger partial charge is 0.249 e. The van der Waals surface area contributed by atoms with Gasteiger partial charge in [0.2, 0.25) is 5.91 Å². The van der Waals surface area contributed by atoms with Gasteiger partial charge in [0, 0.05) is 18.0 Å². The van der Waals surface area contributed by atoms with E-state index in [1.807, 2.05) is 19.1 Å². The third-order valence-corrected chi connectivity index (χ3v) is 2.27. The minimum Gasteiger partial charge on any atom is -0.366 e. The van der Waals surface area contributed by atoms with E-state index in [1.165, 1.54) is 0 Å². The summed E-state index contributed by atoms with van der Waals surface area (Å²) in [5, 5.41) is 0. The van der Waals surface area contributed by atoms with E-state index < -0.39 is 5.91 Å². The molecule has 0 bridgehead atoms. The molecule has 2 aromatic rings. The lowest BCUT2D eigenvalue weighted by Gasteiger charge is -2.07. The third kappa shape index (κ3) is 1.61. The number of carbonyl (C=O) groups is 1. The average Bonchev–Trinajstić information content (AvgIpc) is 2.70. The van der Waals surface area contributed by atoms with Crippen molar-refractivity contribution in [1.29, 1.82) is 0 Å². The van der Waals surface area contributed by atoms with Crippen LogP contribution in [0.1, 0.15) is 15.9 Å². The summed E-state index contributed by atoms with van der Waals surface area (Å²) in [4.78, 5) is 18.3. The number of primary amides is 1. The van der Waals surface area contributed by atoms with Gasteiger partial charge in [-0.2, -0.15) is 0 Å². The standard InChI is InChI=1S/C11H11N3O/c1-7-3-2-4-8(10(12)15)9(7)11-13-5-6-14-11/h2-6H,1H3,(H2,12,15)(H,13,14). The third-order valence-electron chi connectivity index (χ3n) is 2.27. The Kier molecular flexibility index (Phi) is 2.25. The second-order valence-corrected chi connectivity index (χ2v) is 3.30. The number of nitrogens with zero attached hydrogens (tertiary/aromatic N) is 1. The van der Waals surface area contributed by atoms with Crippen molar-refractivity contribution in [3.8, 4) is 11.4 Å². The van der Waals surface area contributed by atoms with Crippen LogP contribution in [-0.4, -0.2) is 15.9 Å². The molecular formula is C11H11N3O. The first-order chi connectivity index (χ1) is 7.20. The van der Waals surface area contributed by atoms with Crippen LogP contribution in [0, 0.1) is 6.92 Å². The van der Waals surface area contributed by atoms with Crippen molar-refractivity contribution >= 4 is 5.91 Å². The predicted molar refractivity (Wildman–Crippen MR) is 57.3 cm³/mol. The van der Waals surface area contributed by atoms with Crippen LogP contribution in [0.3, 0.4) is 0 Å². The maximum absolute atomic E-state index is 11.2. The van der Waals surface area contributed by atoms with E-state index in [0.29, 0.717) is 11.4 Å². The van der Waals surface area contributed by atoms with Gasteiger partial charge in [-0.25, -0.2) is 4.98 Å². The molecule has 0 saturated carbocycles. The van der Waals surface area contributed by atoms with E-state index in [1.54, 1.807) is 18.5 Å². The van der Waals surface area contributed by atoms with Crippen LogP contribution in [0.5, 0.6) is 0 Å². The van der Waals surface area contributed by atoms with Gasteiger partial charge in [0.15, 0.2) is 0 Å². The van der Waals surface area contributed by atoms with E-state index in [9.17, 15) is 4.79 Å². The highest BCUT2D eigenvalue weighted by molar-refractivity contribution is 5.99. The van der Waals surface area contributed by atoms with Gasteiger partial charge in [0.25, 0.3) is 0 Å². The van der Waals surface area contributed by atoms with E-state index in [2.05, 4.69) is 9.97 Å². The Morgan fingerprint density at radius 3 is 2.87 bits per heavy atom. The van der Waals surface area contributed by atoms with Gasteiger partial charge >= 0.3 is 0 Å². The highest BCUT2D eigenvalue weighted by Crippen LogP contribution is 2.23. The van der Waals surface area contributed by atoms with Crippen LogP contribution in [-0.2, 0) is 0 Å². The second-order valence-electron chi connectivity index (χ2n) is 3.30. The van der Waals surface area contributed by atoms with Gasteiger partial charge in [-0.3, -0.25) is 4.79 Å². The molecule has 3 N–H and O–H groups in total. The van der Waals surface area contributed by atoms with Crippen molar-refractivity contribution in [2.24, 2.45) is 5.73 Å². The molecule has 4 heteroatoms. The Labute approximate surface area is 87.1 Å². The van der Waals surface area contributed by atoms with Gasteiger partial charge in [-0.05, 0) is 18.6 Å². The van der Waals surface area contributed by atoms with Crippen LogP contribution < -0.4 is 5.73 Å². The second kappa shape index (κ2) is 3.57. The number of H-pyrrole nitrogens is 1. The van der Waals surface area contributed by atoms with E-state index in [-0.39, 0.29) is 0 Å². The summed E-state index contributed by atoms with van der Waals surface area (Å²) in [5.74, 6) is 0.229. The molecule has 1 aromatic heterocycles. The number of benzene rings is 1. The maximum Gasteiger partial charge on any atom is 0.249 e. The molecule has 0 spiro atoms. The first-order valence-electron chi connectivity index (χ1n) is 4.59. The molecule has 0 saturated heterocycles. The van der Waals surface area contributed by atoms with E-state index in [4.69, 9.17) is 5.73 Å². The number of aromatic nitrogens is 2. The highest BCUT2D eigenvalue weighted by Gasteiger charge is 2.13. The molecule has 0 unspecified atom stereocenters. The van der Waals surface area contributed by atoms with Gasteiger partial charge in [0.1, 0.15) is 5.82 Å². The van der Waals surface area contributed by atoms with Crippen LogP contribution in [0.2, 0.25) is 0 Å². The minimum atomic E-state index is -0.440. The first-order valence-corrected chi connectivity index (χ1v) is 4.59. The molecule has 2 rings (SSSR count). The van der Waals surface area contributed by atoms with E-state index >= 15 is 0 Å². The molecule has 76 valence electrons. The lowest BCUT2D eigenvalue weighted by Crippen LogP contribution is -2.13. The Balaban J connectivity index is 2.68. The Hall–Kier alpha value is -2.10. The fraction of sp³-hybridized carbons (Fsp3) is 0.0909. The maximum atomic E-state index is 11.2. The predicted octanol–water partition coefficient (Wildman–Crippen LogP) is 1.48. The number of hydrogen-bond donors (Lipinski definition) is 2. The number of amides is 1. The summed E-state index contributed by atoms with van der Waals surface area (Å²) in [5.41, 5.74) is 7.55. The fourth-order valence-electron chi connectivity index (χ4n) is 1.59. The highest BCUT2D eigenvalue weighted by atomic mass is 16.1. The van der Waals surface area contributed by atoms with Crippen LogP contribution in [0.4, 0.5) is 0 Å². The summed E-state index contributed by atoms with van der Waals surface area (Å²) < 4.78 is 0. The van der Waals surface area contributed by atoms with Crippen molar-refractivity contribution in [3.63, 3.8) is 0 Å². The quantitative estimate of drug-likeness (QED) is 0.772. The van der Waals surface area contributed by atoms with Crippen LogP contribution in [0.15, 0.2) is 30.6 Å². The summed E-state index contributed by atoms with van der Waals surface area (Å²) >= 11 is 0. The number of hydrogen-bond acceptors (Lipinski definition) is 2. The lowest BCUT2D eigenvalue weighted by atomic mass is 10.0. The number of rotatable bonds is 2. The molecular weight excluding hydrogens is 190 g/mol. The van der Waals surface area contributed by atoms with Crippen LogP contribution >= 0.6 is 0 Å². The molecule has 0 atom stereocenters. The van der Waals surface area contributed by atoms with Crippen LogP contribution in [0.25, 0.3) is 11.4 Å². The van der Waals surface area contributed by atoms with Gasteiger partial charge < -0.3 is 10.7 Å². The minimum absolute atomic E-state index is 0.440. The first kappa shape index (κ1) is 9.45. The topological polar surface area (TPSA) is 71.8 Å².